The number of nitrogens with zero attached hydrogens (tertiary/aromatic N) is 3. The van der Waals surface area contributed by atoms with Gasteiger partial charge in [0, 0.05) is 40.9 Å². The van der Waals surface area contributed by atoms with Crippen molar-refractivity contribution in [3.8, 4) is 67.5 Å². The fraction of sp³-hybridized carbons (Fsp3) is 0.250. The molecule has 0 saturated heterocycles. The molecule has 0 radical (unpaired) electrons. The Morgan fingerprint density at radius 2 is 1.33 bits per heavy atom. The maximum absolute atomic E-state index is 12.6. The van der Waals surface area contributed by atoms with E-state index in [9.17, 15) is 6.48 Å². The molecule has 0 spiro atoms. The van der Waals surface area contributed by atoms with Crippen LogP contribution in [0.5, 0.6) is 5.75 Å². The zero-order valence-electron chi connectivity index (χ0n) is 51.0. The molecule has 4 nitrogen and oxygen atoms in total. The largest absolute Gasteiger partial charge is 0.507 e. The Bertz CT molecular complexity index is 3590. The van der Waals surface area contributed by atoms with E-state index in [4.69, 9.17) is 25.5 Å². The second-order valence-corrected chi connectivity index (χ2v) is 17.6. The van der Waals surface area contributed by atoms with Gasteiger partial charge in [-0.3, -0.25) is 9.55 Å². The highest BCUT2D eigenvalue weighted by Gasteiger charge is 2.29. The van der Waals surface area contributed by atoms with Gasteiger partial charge < -0.3 is 5.11 Å². The minimum absolute atomic E-state index is 0.0772. The van der Waals surface area contributed by atoms with Crippen molar-refractivity contribution < 1.29 is 27.0 Å². The molecule has 0 aliphatic heterocycles. The zero-order chi connectivity index (χ0) is 56.3. The highest BCUT2D eigenvalue weighted by molar-refractivity contribution is 5.97. The van der Waals surface area contributed by atoms with Gasteiger partial charge in [0.2, 0.25) is 0 Å². The molecule has 6 aromatic carbocycles. The fourth-order valence-corrected chi connectivity index (χ4v) is 7.49. The van der Waals surface area contributed by atoms with E-state index in [2.05, 4.69) is 4.98 Å². The number of aromatic nitrogens is 3. The van der Waals surface area contributed by atoms with Gasteiger partial charge in [-0.25, -0.2) is 4.98 Å². The number of phenols is 1. The smallest absolute Gasteiger partial charge is 0.149 e. The zero-order valence-corrected chi connectivity index (χ0v) is 35.0. The molecule has 8 rings (SSSR count). The number of hydrogen-bond donors (Lipinski definition) is 1. The summed E-state index contributed by atoms with van der Waals surface area (Å²) in [5.74, 6) is -0.405. The van der Waals surface area contributed by atoms with Crippen LogP contribution < -0.4 is 0 Å². The van der Waals surface area contributed by atoms with Crippen LogP contribution in [0.2, 0.25) is 0 Å². The van der Waals surface area contributed by atoms with Gasteiger partial charge in [0.05, 0.1) is 31.9 Å². The third-order valence-corrected chi connectivity index (χ3v) is 10.8. The maximum atomic E-state index is 12.6. The molecule has 0 amide bonds. The molecule has 0 fully saturated rings. The Hall–Kier alpha value is -6.26. The van der Waals surface area contributed by atoms with Gasteiger partial charge in [-0.2, -0.15) is 0 Å². The Morgan fingerprint density at radius 3 is 2.02 bits per heavy atom. The summed E-state index contributed by atoms with van der Waals surface area (Å²) in [5, 5.41) is 12.6. The van der Waals surface area contributed by atoms with E-state index < -0.39 is 102 Å². The number of benzene rings is 6. The van der Waals surface area contributed by atoms with Crippen molar-refractivity contribution in [1.29, 1.82) is 0 Å². The topological polar surface area (TPSA) is 50.9 Å². The van der Waals surface area contributed by atoms with Gasteiger partial charge in [0.1, 0.15) is 11.6 Å². The van der Waals surface area contributed by atoms with E-state index in [-0.39, 0.29) is 28.2 Å². The molecule has 0 atom stereocenters. The molecule has 60 heavy (non-hydrogen) atoms. The lowest BCUT2D eigenvalue weighted by Crippen LogP contribution is -2.17. The molecule has 0 unspecified atom stereocenters. The Labute approximate surface area is 379 Å². The summed E-state index contributed by atoms with van der Waals surface area (Å²) in [6.07, 6.45) is -0.635. The van der Waals surface area contributed by atoms with Crippen LogP contribution in [0.25, 0.3) is 72.7 Å². The van der Waals surface area contributed by atoms with Crippen LogP contribution in [0.1, 0.15) is 112 Å². The number of aryl methyl sites for hydroxylation is 1. The van der Waals surface area contributed by atoms with Gasteiger partial charge >= 0.3 is 0 Å². The Balaban J connectivity index is 1.47. The number of hydrogen-bond acceptors (Lipinski definition) is 3. The summed E-state index contributed by atoms with van der Waals surface area (Å²) in [6, 6.07) is 25.3. The summed E-state index contributed by atoms with van der Waals surface area (Å²) in [6.45, 7) is 5.48. The third kappa shape index (κ3) is 7.79. The van der Waals surface area contributed by atoms with E-state index in [1.54, 1.807) is 18.2 Å². The average molecular weight is 804 g/mol. The molecular weight excluding hydrogens is 731 g/mol. The first-order chi connectivity index (χ1) is 35.0. The van der Waals surface area contributed by atoms with Gasteiger partial charge in [0.15, 0.2) is 0 Å². The van der Waals surface area contributed by atoms with Crippen LogP contribution in [0.15, 0.2) is 139 Å². The molecule has 0 saturated carbocycles. The average Bonchev–Trinajstić information content (AvgIpc) is 3.73. The predicted octanol–water partition coefficient (Wildman–Crippen LogP) is 15.0. The number of pyridine rings is 1. The van der Waals surface area contributed by atoms with Crippen molar-refractivity contribution >= 4 is 11.0 Å². The summed E-state index contributed by atoms with van der Waals surface area (Å²) in [5.41, 5.74) is 1.11. The standard InChI is InChI=1S/C56H57N3O/c1-35-20-22-37(23-21-35)39-26-27-57-49(32-39)41-29-40(30-42(31-41)54(3,4)5)46-18-15-19-50-51(46)58-53(47-33-43(55(6,7)8)34-48(52(47)60)56(9,10)11)59(50)44-24-25-45(36(2)28-44)38-16-13-12-14-17-38/h12-34,60H,1-11H3/i1D3,9D3,10D3,20D,21D,22D,23D,26D,27D,32D. The van der Waals surface area contributed by atoms with Crippen LogP contribution in [0.3, 0.4) is 0 Å². The van der Waals surface area contributed by atoms with E-state index in [0.29, 0.717) is 33.4 Å². The first kappa shape index (κ1) is 25.4. The predicted molar refractivity (Wildman–Crippen MR) is 253 cm³/mol. The van der Waals surface area contributed by atoms with E-state index in [1.807, 2.05) is 126 Å². The monoisotopic (exact) mass is 804 g/mol. The normalized spacial score (nSPS) is 16.8. The van der Waals surface area contributed by atoms with Crippen molar-refractivity contribution in [2.24, 2.45) is 0 Å². The summed E-state index contributed by atoms with van der Waals surface area (Å²) < 4.78 is 140. The van der Waals surface area contributed by atoms with Crippen molar-refractivity contribution in [2.75, 3.05) is 0 Å². The summed E-state index contributed by atoms with van der Waals surface area (Å²) in [7, 11) is 0. The molecule has 4 heteroatoms. The van der Waals surface area contributed by atoms with Crippen molar-refractivity contribution in [2.45, 2.75) is 92.2 Å². The van der Waals surface area contributed by atoms with E-state index in [0.717, 1.165) is 29.2 Å². The van der Waals surface area contributed by atoms with Crippen molar-refractivity contribution in [1.82, 2.24) is 14.5 Å². The van der Waals surface area contributed by atoms with Crippen molar-refractivity contribution in [3.63, 3.8) is 0 Å². The van der Waals surface area contributed by atoms with Crippen molar-refractivity contribution in [3.05, 3.63) is 167 Å². The SMILES string of the molecule is [2H]c1nc(-c2cc(-c3cccc4c3nc(-c3cc(C(C)(C)C)cc(C(C)(C([2H])([2H])[2H])C([2H])([2H])[2H])c3O)n4-c3ccc(-c4ccccc4)c(C)c3)cc(C(C)(C)C)c2)c([2H])c(-c2c([2H])c([2H])c(C([2H])([2H])[2H])c([2H])c2[2H])c1[2H]. The second-order valence-electron chi connectivity index (χ2n) is 17.6. The number of fused-ring (bicyclic) bond motifs is 1. The van der Waals surface area contributed by atoms with Gasteiger partial charge in [0.25, 0.3) is 0 Å². The lowest BCUT2D eigenvalue weighted by molar-refractivity contribution is 0.446. The molecule has 0 aliphatic rings. The first-order valence-electron chi connectivity index (χ1n) is 27.8. The number of rotatable bonds is 6. The minimum Gasteiger partial charge on any atom is -0.507 e. The van der Waals surface area contributed by atoms with Gasteiger partial charge in [-0.05, 0) is 123 Å². The van der Waals surface area contributed by atoms with Gasteiger partial charge in [-0.1, -0.05) is 153 Å². The Kier molecular flexibility index (Phi) is 6.38. The molecular formula is C56H57N3O. The van der Waals surface area contributed by atoms with Gasteiger partial charge in [-0.15, -0.1) is 0 Å². The molecule has 0 bridgehead atoms. The highest BCUT2D eigenvalue weighted by Crippen LogP contribution is 2.45. The maximum Gasteiger partial charge on any atom is 0.149 e. The lowest BCUT2D eigenvalue weighted by atomic mass is 9.79. The molecule has 1 N–H and O–H groups in total. The number of para-hydroxylation sites is 1. The first-order valence-corrected chi connectivity index (χ1v) is 19.8. The number of aromatic hydroxyl groups is 1. The summed E-state index contributed by atoms with van der Waals surface area (Å²) >= 11 is 0. The molecule has 2 aromatic heterocycles. The Morgan fingerprint density at radius 1 is 0.617 bits per heavy atom. The fourth-order valence-electron chi connectivity index (χ4n) is 7.49. The number of phenolic OH excluding ortho intramolecular Hbond substituents is 1. The minimum atomic E-state index is -3.11. The molecule has 302 valence electrons. The quantitative estimate of drug-likeness (QED) is 0.182. The van der Waals surface area contributed by atoms with Crippen LogP contribution in [0, 0.1) is 13.8 Å². The molecule has 0 aliphatic carbocycles. The van der Waals surface area contributed by atoms with Crippen LogP contribution >= 0.6 is 0 Å². The highest BCUT2D eigenvalue weighted by atomic mass is 16.3. The summed E-state index contributed by atoms with van der Waals surface area (Å²) in [4.78, 5) is 9.73. The molecule has 2 heterocycles. The van der Waals surface area contributed by atoms with E-state index in [1.165, 1.54) is 6.07 Å². The van der Waals surface area contributed by atoms with Crippen LogP contribution in [-0.2, 0) is 16.2 Å². The van der Waals surface area contributed by atoms with Crippen LogP contribution in [0.4, 0.5) is 0 Å². The third-order valence-electron chi connectivity index (χ3n) is 10.8. The molecule has 8 aromatic rings. The lowest BCUT2D eigenvalue weighted by Gasteiger charge is -2.27. The second kappa shape index (κ2) is 15.1. The van der Waals surface area contributed by atoms with E-state index >= 15 is 0 Å². The van der Waals surface area contributed by atoms with Crippen LogP contribution in [-0.4, -0.2) is 19.6 Å². The number of imidazole rings is 1.